The number of piperazine rings is 2. The van der Waals surface area contributed by atoms with Gasteiger partial charge >= 0.3 is 5.69 Å². The molecule has 0 aliphatic carbocycles. The van der Waals surface area contributed by atoms with Crippen LogP contribution < -0.4 is 26.4 Å². The van der Waals surface area contributed by atoms with Gasteiger partial charge in [-0.05, 0) is 30.3 Å². The molecule has 5 aromatic rings. The normalized spacial score (nSPS) is 16.2. The number of hydrogen-bond acceptors (Lipinski definition) is 10. The predicted octanol–water partition coefficient (Wildman–Crippen LogP) is 0.997. The van der Waals surface area contributed by atoms with Gasteiger partial charge in [0.1, 0.15) is 22.8 Å². The summed E-state index contributed by atoms with van der Waals surface area (Å²) in [5.41, 5.74) is 8.98. The Morgan fingerprint density at radius 2 is 1.89 bits per heavy atom. The second kappa shape index (κ2) is 11.9. The topological polar surface area (TPSA) is 144 Å². The number of hydrogen-bond donors (Lipinski definition) is 2. The van der Waals surface area contributed by atoms with E-state index in [0.29, 0.717) is 91.9 Å². The van der Waals surface area contributed by atoms with Gasteiger partial charge in [0, 0.05) is 78.6 Å². The lowest BCUT2D eigenvalue weighted by Crippen LogP contribution is -2.48. The van der Waals surface area contributed by atoms with Crippen LogP contribution in [0.4, 0.5) is 16.0 Å². The van der Waals surface area contributed by atoms with Crippen molar-refractivity contribution < 1.29 is 18.3 Å². The van der Waals surface area contributed by atoms with Crippen LogP contribution in [0.1, 0.15) is 0 Å². The van der Waals surface area contributed by atoms with Crippen LogP contribution >= 0.6 is 0 Å². The highest BCUT2D eigenvalue weighted by Crippen LogP contribution is 2.27. The number of carbonyl (C=O) groups excluding carboxylic acids is 1. The van der Waals surface area contributed by atoms with E-state index in [2.05, 4.69) is 20.3 Å². The number of halogens is 1. The molecule has 2 saturated heterocycles. The minimum Gasteiger partial charge on any atom is -0.484 e. The number of imidazole rings is 1. The first-order chi connectivity index (χ1) is 21.9. The number of ether oxygens (including phenoxy) is 1. The fourth-order valence-electron chi connectivity index (χ4n) is 6.11. The first-order valence-electron chi connectivity index (χ1n) is 15.0. The Hall–Kier alpha value is -4.89. The smallest absolute Gasteiger partial charge is 0.330 e. The Balaban J connectivity index is 0.986. The number of anilines is 2. The summed E-state index contributed by atoms with van der Waals surface area (Å²) in [7, 11) is 1.71. The van der Waals surface area contributed by atoms with Crippen molar-refractivity contribution in [3.05, 3.63) is 59.0 Å². The number of nitrogens with zero attached hydrogens (tertiary/aromatic N) is 8. The van der Waals surface area contributed by atoms with Crippen LogP contribution in [0.15, 0.2) is 51.9 Å². The Kier molecular flexibility index (Phi) is 7.63. The molecule has 2 aliphatic rings. The van der Waals surface area contributed by atoms with Crippen LogP contribution in [0.5, 0.6) is 5.75 Å². The quantitative estimate of drug-likeness (QED) is 0.258. The van der Waals surface area contributed by atoms with E-state index < -0.39 is 0 Å². The van der Waals surface area contributed by atoms with Gasteiger partial charge in [-0.3, -0.25) is 18.8 Å². The summed E-state index contributed by atoms with van der Waals surface area (Å²) in [5.74, 6) is 0.614. The maximum absolute atomic E-state index is 15.1. The molecule has 0 atom stereocenters. The van der Waals surface area contributed by atoms with E-state index in [1.54, 1.807) is 45.5 Å². The van der Waals surface area contributed by atoms with Crippen LogP contribution in [0.25, 0.3) is 28.1 Å². The molecule has 7 rings (SSSR count). The van der Waals surface area contributed by atoms with E-state index in [4.69, 9.17) is 14.9 Å². The first kappa shape index (κ1) is 28.9. The monoisotopic (exact) mass is 618 g/mol. The van der Waals surface area contributed by atoms with Gasteiger partial charge in [0.15, 0.2) is 18.0 Å². The minimum atomic E-state index is -0.386. The Morgan fingerprint density at radius 1 is 1.09 bits per heavy atom. The molecule has 0 radical (unpaired) electrons. The molecular formula is C30H35FN10O4. The van der Waals surface area contributed by atoms with Crippen molar-refractivity contribution in [2.45, 2.75) is 6.54 Å². The number of carbonyl (C=O) groups is 1. The lowest BCUT2D eigenvalue weighted by molar-refractivity contribution is -0.133. The number of amides is 1. The Morgan fingerprint density at radius 3 is 2.62 bits per heavy atom. The molecule has 0 unspecified atom stereocenters. The molecule has 2 fully saturated rings. The van der Waals surface area contributed by atoms with Crippen molar-refractivity contribution in [3.63, 3.8) is 0 Å². The predicted molar refractivity (Wildman–Crippen MR) is 166 cm³/mol. The molecule has 1 amide bonds. The highest BCUT2D eigenvalue weighted by molar-refractivity contribution is 5.91. The summed E-state index contributed by atoms with van der Waals surface area (Å²) in [4.78, 5) is 36.2. The van der Waals surface area contributed by atoms with Crippen LogP contribution in [0.2, 0.25) is 0 Å². The third kappa shape index (κ3) is 5.48. The van der Waals surface area contributed by atoms with Gasteiger partial charge in [0.05, 0.1) is 17.5 Å². The SMILES string of the molecule is Cn1c(=O)n(CCN2CCN(c3ccc(OCC(=O)N4CCNCC4)cc3F)CC2)c2nc(N)n3nc(-c4ccco4)cc3c21. The largest absolute Gasteiger partial charge is 0.484 e. The second-order valence-electron chi connectivity index (χ2n) is 11.3. The number of nitrogen functional groups attached to an aromatic ring is 1. The minimum absolute atomic E-state index is 0.100. The number of rotatable bonds is 8. The number of furan rings is 1. The van der Waals surface area contributed by atoms with Crippen molar-refractivity contribution >= 4 is 34.2 Å². The molecule has 2 aliphatic heterocycles. The third-order valence-electron chi connectivity index (χ3n) is 8.59. The number of nitrogens with one attached hydrogen (secondary N) is 1. The lowest BCUT2D eigenvalue weighted by Gasteiger charge is -2.36. The standard InChI is InChI=1S/C30H35FN10O4/c1-36-27-24-18-22(25-3-2-16-44-25)35-41(24)29(32)34-28(27)40(30(36)43)15-12-37-10-13-38(14-11-37)23-5-4-20(17-21(23)31)45-19-26(42)39-8-6-33-7-9-39/h2-5,16-18,33H,6-15,19H2,1H3,(H2,32,34). The zero-order chi connectivity index (χ0) is 31.1. The maximum Gasteiger partial charge on any atom is 0.330 e. The number of aromatic nitrogens is 5. The zero-order valence-electron chi connectivity index (χ0n) is 25.0. The Labute approximate surface area is 257 Å². The second-order valence-corrected chi connectivity index (χ2v) is 11.3. The summed E-state index contributed by atoms with van der Waals surface area (Å²) in [6.45, 7) is 6.40. The fourth-order valence-corrected chi connectivity index (χ4v) is 6.11. The van der Waals surface area contributed by atoms with Gasteiger partial charge in [0.2, 0.25) is 5.95 Å². The average Bonchev–Trinajstić information content (AvgIpc) is 3.80. The molecule has 6 heterocycles. The highest BCUT2D eigenvalue weighted by Gasteiger charge is 2.23. The third-order valence-corrected chi connectivity index (χ3v) is 8.59. The molecule has 0 saturated carbocycles. The summed E-state index contributed by atoms with van der Waals surface area (Å²) < 4.78 is 30.9. The van der Waals surface area contributed by atoms with Crippen molar-refractivity contribution in [2.24, 2.45) is 7.05 Å². The molecule has 3 N–H and O–H groups in total. The van der Waals surface area contributed by atoms with Gasteiger partial charge in [0.25, 0.3) is 5.91 Å². The van der Waals surface area contributed by atoms with E-state index in [1.807, 2.05) is 17.0 Å². The van der Waals surface area contributed by atoms with E-state index in [-0.39, 0.29) is 30.0 Å². The van der Waals surface area contributed by atoms with E-state index in [0.717, 1.165) is 13.1 Å². The van der Waals surface area contributed by atoms with Crippen LogP contribution in [0.3, 0.4) is 0 Å². The van der Waals surface area contributed by atoms with E-state index >= 15 is 4.39 Å². The van der Waals surface area contributed by atoms with Gasteiger partial charge in [-0.1, -0.05) is 0 Å². The molecule has 15 heteroatoms. The van der Waals surface area contributed by atoms with E-state index in [1.165, 1.54) is 10.6 Å². The van der Waals surface area contributed by atoms with Crippen molar-refractivity contribution in [1.29, 1.82) is 0 Å². The molecule has 0 spiro atoms. The zero-order valence-corrected chi connectivity index (χ0v) is 25.0. The molecule has 236 valence electrons. The summed E-state index contributed by atoms with van der Waals surface area (Å²) >= 11 is 0. The molecule has 1 aromatic carbocycles. The number of fused-ring (bicyclic) bond motifs is 3. The van der Waals surface area contributed by atoms with Crippen LogP contribution in [-0.2, 0) is 18.4 Å². The number of nitrogens with two attached hydrogens (primary N) is 1. The maximum atomic E-state index is 15.1. The molecule has 0 bridgehead atoms. The summed E-state index contributed by atoms with van der Waals surface area (Å²) in [6, 6.07) is 10.2. The van der Waals surface area contributed by atoms with Gasteiger partial charge in [-0.2, -0.15) is 14.6 Å². The fraction of sp³-hybridized carbons (Fsp3) is 0.400. The van der Waals surface area contributed by atoms with Crippen LogP contribution in [-0.4, -0.2) is 105 Å². The van der Waals surface area contributed by atoms with Gasteiger partial charge in [-0.25, -0.2) is 9.18 Å². The van der Waals surface area contributed by atoms with Crippen molar-refractivity contribution in [1.82, 2.24) is 38.8 Å². The van der Waals surface area contributed by atoms with Crippen molar-refractivity contribution in [3.8, 4) is 17.2 Å². The molecule has 45 heavy (non-hydrogen) atoms. The summed E-state index contributed by atoms with van der Waals surface area (Å²) in [6.07, 6.45) is 1.57. The van der Waals surface area contributed by atoms with Gasteiger partial charge in [-0.15, -0.1) is 0 Å². The average molecular weight is 619 g/mol. The van der Waals surface area contributed by atoms with Gasteiger partial charge < -0.3 is 30.0 Å². The number of benzene rings is 1. The van der Waals surface area contributed by atoms with Crippen molar-refractivity contribution in [2.75, 3.05) is 76.1 Å². The highest BCUT2D eigenvalue weighted by atomic mass is 19.1. The first-order valence-corrected chi connectivity index (χ1v) is 15.0. The van der Waals surface area contributed by atoms with E-state index in [9.17, 15) is 9.59 Å². The lowest BCUT2D eigenvalue weighted by atomic mass is 10.2. The van der Waals surface area contributed by atoms with Crippen LogP contribution in [0, 0.1) is 5.82 Å². The summed E-state index contributed by atoms with van der Waals surface area (Å²) in [5, 5.41) is 7.74. The molecular weight excluding hydrogens is 583 g/mol. The molecule has 4 aromatic heterocycles. The molecule has 14 nitrogen and oxygen atoms in total. The Bertz CT molecular complexity index is 1900. The number of aryl methyl sites for hydroxylation is 1.